The van der Waals surface area contributed by atoms with Crippen LogP contribution < -0.4 is 0 Å². The Morgan fingerprint density at radius 1 is 1.75 bits per heavy atom. The normalized spacial score (nSPS) is 10.5. The molecule has 0 saturated heterocycles. The first-order chi connectivity index (χ1) is 3.97. The van der Waals surface area contributed by atoms with E-state index >= 15 is 0 Å². The minimum atomic E-state index is 0.856. The lowest BCUT2D eigenvalue weighted by Crippen LogP contribution is -1.64. The second-order valence-electron chi connectivity index (χ2n) is 1.37. The van der Waals surface area contributed by atoms with E-state index in [1.165, 1.54) is 11.5 Å². The van der Waals surface area contributed by atoms with Crippen molar-refractivity contribution in [2.75, 3.05) is 0 Å². The SMILES string of the molecule is [c]1csn2[c]cnc12. The molecule has 2 aromatic heterocycles. The molecule has 2 rings (SSSR count). The molecule has 0 aliphatic heterocycles. The largest absolute Gasteiger partial charge is 0.245 e. The van der Waals surface area contributed by atoms with Crippen LogP contribution in [-0.4, -0.2) is 8.77 Å². The van der Waals surface area contributed by atoms with Crippen LogP contribution in [0.3, 0.4) is 0 Å². The lowest BCUT2D eigenvalue weighted by Gasteiger charge is -1.69. The summed E-state index contributed by atoms with van der Waals surface area (Å²) in [6.45, 7) is 0. The lowest BCUT2D eigenvalue weighted by atomic mass is 10.7. The minimum Gasteiger partial charge on any atom is -0.245 e. The Hall–Kier alpha value is -0.830. The van der Waals surface area contributed by atoms with E-state index in [0.29, 0.717) is 0 Å². The van der Waals surface area contributed by atoms with Crippen LogP contribution in [0.1, 0.15) is 0 Å². The fourth-order valence-corrected chi connectivity index (χ4v) is 1.14. The maximum Gasteiger partial charge on any atom is 0.155 e. The molecule has 0 unspecified atom stereocenters. The molecule has 2 heterocycles. The van der Waals surface area contributed by atoms with Gasteiger partial charge in [-0.2, -0.15) is 0 Å². The summed E-state index contributed by atoms with van der Waals surface area (Å²) >= 11 is 1.54. The molecule has 3 heteroatoms. The van der Waals surface area contributed by atoms with Gasteiger partial charge in [-0.15, -0.1) is 0 Å². The molecule has 0 N–H and O–H groups in total. The first-order valence-electron chi connectivity index (χ1n) is 2.17. The quantitative estimate of drug-likeness (QED) is 0.509. The van der Waals surface area contributed by atoms with E-state index in [9.17, 15) is 0 Å². The summed E-state index contributed by atoms with van der Waals surface area (Å²) in [6.07, 6.45) is 4.53. The zero-order valence-corrected chi connectivity index (χ0v) is 4.77. The molecular formula is C5H2N2S. The van der Waals surface area contributed by atoms with Crippen molar-refractivity contribution in [3.63, 3.8) is 0 Å². The van der Waals surface area contributed by atoms with Crippen molar-refractivity contribution in [1.29, 1.82) is 0 Å². The van der Waals surface area contributed by atoms with Crippen LogP contribution in [0.4, 0.5) is 0 Å². The fraction of sp³-hybridized carbons (Fsp3) is 0. The standard InChI is InChI=1S/C5H2N2S/c1-4-8-7-3-2-6-5(1)7/h2,4H. The molecular weight excluding hydrogens is 120 g/mol. The van der Waals surface area contributed by atoms with Crippen molar-refractivity contribution in [3.05, 3.63) is 23.8 Å². The van der Waals surface area contributed by atoms with Crippen molar-refractivity contribution in [1.82, 2.24) is 8.77 Å². The van der Waals surface area contributed by atoms with Gasteiger partial charge < -0.3 is 0 Å². The first-order valence-corrected chi connectivity index (χ1v) is 3.01. The molecule has 0 fully saturated rings. The van der Waals surface area contributed by atoms with Gasteiger partial charge in [0.15, 0.2) is 5.65 Å². The van der Waals surface area contributed by atoms with Crippen molar-refractivity contribution in [3.8, 4) is 0 Å². The summed E-state index contributed by atoms with van der Waals surface area (Å²) in [7, 11) is 0. The number of rotatable bonds is 0. The second-order valence-corrected chi connectivity index (χ2v) is 2.18. The Balaban J connectivity index is 3.06. The zero-order chi connectivity index (χ0) is 5.40. The number of fused-ring (bicyclic) bond motifs is 1. The monoisotopic (exact) mass is 122 g/mol. The van der Waals surface area contributed by atoms with Gasteiger partial charge >= 0.3 is 0 Å². The van der Waals surface area contributed by atoms with Crippen molar-refractivity contribution in [2.24, 2.45) is 0 Å². The average Bonchev–Trinajstić information content (AvgIpc) is 2.15. The van der Waals surface area contributed by atoms with Crippen molar-refractivity contribution >= 4 is 17.2 Å². The molecule has 2 nitrogen and oxygen atoms in total. The third kappa shape index (κ3) is 0.391. The molecule has 0 spiro atoms. The van der Waals surface area contributed by atoms with Gasteiger partial charge in [-0.3, -0.25) is 0 Å². The summed E-state index contributed by atoms with van der Waals surface area (Å²) < 4.78 is 1.83. The Labute approximate surface area is 50.6 Å². The van der Waals surface area contributed by atoms with E-state index in [4.69, 9.17) is 0 Å². The Morgan fingerprint density at radius 2 is 2.75 bits per heavy atom. The molecule has 0 aliphatic rings. The zero-order valence-electron chi connectivity index (χ0n) is 3.96. The van der Waals surface area contributed by atoms with Gasteiger partial charge in [0.05, 0.1) is 6.20 Å². The topological polar surface area (TPSA) is 17.3 Å². The van der Waals surface area contributed by atoms with Gasteiger partial charge in [-0.25, -0.2) is 8.77 Å². The molecule has 0 bridgehead atoms. The van der Waals surface area contributed by atoms with Gasteiger partial charge in [0.25, 0.3) is 0 Å². The maximum atomic E-state index is 3.94. The summed E-state index contributed by atoms with van der Waals surface area (Å²) in [5.41, 5.74) is 0.856. The molecule has 8 heavy (non-hydrogen) atoms. The highest BCUT2D eigenvalue weighted by Gasteiger charge is 1.90. The van der Waals surface area contributed by atoms with Gasteiger partial charge in [-0.05, 0) is 0 Å². The van der Waals surface area contributed by atoms with Crippen LogP contribution in [0, 0.1) is 12.3 Å². The second kappa shape index (κ2) is 1.32. The van der Waals surface area contributed by atoms with E-state index in [1.807, 2.05) is 9.17 Å². The lowest BCUT2D eigenvalue weighted by molar-refractivity contribution is 1.36. The summed E-state index contributed by atoms with van der Waals surface area (Å²) in [5, 5.41) is 1.86. The maximum absolute atomic E-state index is 3.94. The predicted molar refractivity (Wildman–Crippen MR) is 30.7 cm³/mol. The highest BCUT2D eigenvalue weighted by molar-refractivity contribution is 7.04. The fourth-order valence-electron chi connectivity index (χ4n) is 0.564. The molecule has 0 aromatic carbocycles. The Bertz CT molecular complexity index is 232. The third-order valence-corrected chi connectivity index (χ3v) is 1.61. The smallest absolute Gasteiger partial charge is 0.155 e. The first kappa shape index (κ1) is 4.09. The van der Waals surface area contributed by atoms with E-state index in [2.05, 4.69) is 17.2 Å². The van der Waals surface area contributed by atoms with Crippen LogP contribution in [0.5, 0.6) is 0 Å². The summed E-state index contributed by atoms with van der Waals surface area (Å²) in [4.78, 5) is 3.94. The van der Waals surface area contributed by atoms with Gasteiger partial charge in [0, 0.05) is 11.4 Å². The average molecular weight is 122 g/mol. The Kier molecular flexibility index (Phi) is 0.676. The van der Waals surface area contributed by atoms with E-state index in [1.54, 1.807) is 6.20 Å². The van der Waals surface area contributed by atoms with E-state index < -0.39 is 0 Å². The van der Waals surface area contributed by atoms with Gasteiger partial charge in [0.2, 0.25) is 0 Å². The Morgan fingerprint density at radius 3 is 3.62 bits per heavy atom. The molecule has 38 valence electrons. The van der Waals surface area contributed by atoms with Crippen LogP contribution in [0.2, 0.25) is 0 Å². The van der Waals surface area contributed by atoms with Crippen molar-refractivity contribution in [2.45, 2.75) is 0 Å². The highest BCUT2D eigenvalue weighted by atomic mass is 32.1. The minimum absolute atomic E-state index is 0.856. The van der Waals surface area contributed by atoms with E-state index in [0.717, 1.165) is 5.65 Å². The number of aromatic nitrogens is 2. The highest BCUT2D eigenvalue weighted by Crippen LogP contribution is 2.02. The molecule has 2 radical (unpaired) electrons. The van der Waals surface area contributed by atoms with Crippen LogP contribution in [0.25, 0.3) is 5.65 Å². The van der Waals surface area contributed by atoms with Crippen LogP contribution in [-0.2, 0) is 0 Å². The number of imidazole rings is 1. The van der Waals surface area contributed by atoms with Crippen molar-refractivity contribution < 1.29 is 0 Å². The van der Waals surface area contributed by atoms with Crippen LogP contribution >= 0.6 is 11.5 Å². The van der Waals surface area contributed by atoms with Gasteiger partial charge in [0.1, 0.15) is 6.20 Å². The molecule has 0 saturated carbocycles. The number of hydrogen-bond acceptors (Lipinski definition) is 2. The third-order valence-electron chi connectivity index (χ3n) is 0.900. The van der Waals surface area contributed by atoms with Crippen LogP contribution in [0.15, 0.2) is 11.6 Å². The molecule has 0 atom stereocenters. The molecule has 0 aliphatic carbocycles. The van der Waals surface area contributed by atoms with E-state index in [-0.39, 0.29) is 0 Å². The summed E-state index contributed by atoms with van der Waals surface area (Å²) in [5.74, 6) is 0. The number of hydrogen-bond donors (Lipinski definition) is 0. The summed E-state index contributed by atoms with van der Waals surface area (Å²) in [6, 6.07) is 2.94. The predicted octanol–water partition coefficient (Wildman–Crippen LogP) is 0.996. The van der Waals surface area contributed by atoms with Gasteiger partial charge in [-0.1, -0.05) is 11.5 Å². The molecule has 0 amide bonds. The molecule has 2 aromatic rings. The number of nitrogens with zero attached hydrogens (tertiary/aromatic N) is 2.